The fraction of sp³-hybridized carbons (Fsp3) is 0.400. The number of aromatic nitrogens is 3. The molecule has 150 valence electrons. The number of hydrogen-bond donors (Lipinski definition) is 0. The Balaban J connectivity index is 1.34. The minimum atomic E-state index is -0.270. The van der Waals surface area contributed by atoms with Crippen LogP contribution in [-0.2, 0) is 17.8 Å². The number of fused-ring (bicyclic) bond motifs is 1. The van der Waals surface area contributed by atoms with E-state index in [2.05, 4.69) is 19.9 Å². The molecule has 3 aromatic heterocycles. The summed E-state index contributed by atoms with van der Waals surface area (Å²) < 4.78 is 13.2. The van der Waals surface area contributed by atoms with E-state index < -0.39 is 0 Å². The Morgan fingerprint density at radius 2 is 2.03 bits per heavy atom. The molecule has 0 saturated heterocycles. The van der Waals surface area contributed by atoms with Crippen LogP contribution in [-0.4, -0.2) is 37.1 Å². The van der Waals surface area contributed by atoms with Gasteiger partial charge in [-0.05, 0) is 37.1 Å². The van der Waals surface area contributed by atoms with E-state index in [0.717, 1.165) is 42.5 Å². The molecular formula is C20H21N5O3S. The molecule has 0 aromatic carbocycles. The van der Waals surface area contributed by atoms with Crippen LogP contribution < -0.4 is 0 Å². The van der Waals surface area contributed by atoms with E-state index in [1.807, 2.05) is 24.3 Å². The Labute approximate surface area is 172 Å². The molecule has 0 N–H and O–H groups in total. The highest BCUT2D eigenvalue weighted by atomic mass is 32.2. The van der Waals surface area contributed by atoms with Gasteiger partial charge in [-0.3, -0.25) is 4.79 Å². The lowest BCUT2D eigenvalue weighted by molar-refractivity contribution is -0.130. The topological polar surface area (TPSA) is 89.7 Å². The maximum Gasteiger partial charge on any atom is 0.253 e. The number of hydrogen-bond acceptors (Lipinski definition) is 7. The second-order valence-electron chi connectivity index (χ2n) is 7.15. The van der Waals surface area contributed by atoms with Crippen molar-refractivity contribution in [3.8, 4) is 0 Å². The van der Waals surface area contributed by atoms with Crippen molar-refractivity contribution < 1.29 is 13.6 Å². The summed E-state index contributed by atoms with van der Waals surface area (Å²) in [6, 6.07) is 7.09. The van der Waals surface area contributed by atoms with Gasteiger partial charge in [0.2, 0.25) is 0 Å². The highest BCUT2D eigenvalue weighted by Crippen LogP contribution is 2.34. The molecule has 0 radical (unpaired) electrons. The summed E-state index contributed by atoms with van der Waals surface area (Å²) >= 11 is 1.42. The van der Waals surface area contributed by atoms with Crippen LogP contribution in [0, 0.1) is 0 Å². The molecule has 1 amide bonds. The highest BCUT2D eigenvalue weighted by molar-refractivity contribution is 7.99. The minimum Gasteiger partial charge on any atom is -0.467 e. The number of amides is 1. The van der Waals surface area contributed by atoms with Crippen LogP contribution in [0.4, 0.5) is 0 Å². The molecule has 5 heterocycles. The molecule has 3 aromatic rings. The average molecular weight is 411 g/mol. The van der Waals surface area contributed by atoms with Crippen molar-refractivity contribution in [3.05, 3.63) is 54.1 Å². The number of carbonyl (C=O) groups excluding carboxylic acids is 1. The summed E-state index contributed by atoms with van der Waals surface area (Å²) in [5.74, 6) is 2.55. The molecular weight excluding hydrogens is 390 g/mol. The zero-order chi connectivity index (χ0) is 19.6. The van der Waals surface area contributed by atoms with E-state index in [0.29, 0.717) is 17.9 Å². The van der Waals surface area contributed by atoms with Crippen LogP contribution in [0.15, 0.2) is 55.9 Å². The number of carbonyl (C=O) groups is 1. The zero-order valence-corrected chi connectivity index (χ0v) is 16.7. The van der Waals surface area contributed by atoms with Gasteiger partial charge in [-0.2, -0.15) is 5.10 Å². The second kappa shape index (κ2) is 7.90. The lowest BCUT2D eigenvalue weighted by atomic mass is 10.1. The number of aryl methyl sites for hydroxylation is 1. The highest BCUT2D eigenvalue weighted by Gasteiger charge is 2.35. The number of nitrogens with zero attached hydrogens (tertiary/aromatic N) is 5. The third-order valence-corrected chi connectivity index (χ3v) is 6.19. The van der Waals surface area contributed by atoms with Gasteiger partial charge < -0.3 is 13.4 Å². The first kappa shape index (κ1) is 18.2. The first-order chi connectivity index (χ1) is 14.3. The molecule has 0 aliphatic carbocycles. The van der Waals surface area contributed by atoms with Crippen molar-refractivity contribution in [1.29, 1.82) is 0 Å². The van der Waals surface area contributed by atoms with Gasteiger partial charge in [0, 0.05) is 19.4 Å². The van der Waals surface area contributed by atoms with Gasteiger partial charge in [-0.25, -0.2) is 5.01 Å². The Morgan fingerprint density at radius 1 is 1.14 bits per heavy atom. The molecule has 1 atom stereocenters. The van der Waals surface area contributed by atoms with E-state index in [9.17, 15) is 4.79 Å². The van der Waals surface area contributed by atoms with Gasteiger partial charge in [0.15, 0.2) is 5.16 Å². The van der Waals surface area contributed by atoms with Crippen molar-refractivity contribution in [2.75, 3.05) is 5.75 Å². The molecule has 1 unspecified atom stereocenters. The molecule has 2 aliphatic rings. The van der Waals surface area contributed by atoms with E-state index in [1.54, 1.807) is 12.5 Å². The summed E-state index contributed by atoms with van der Waals surface area (Å²) in [7, 11) is 0. The van der Waals surface area contributed by atoms with Gasteiger partial charge in [0.25, 0.3) is 5.91 Å². The first-order valence-corrected chi connectivity index (χ1v) is 10.8. The first-order valence-electron chi connectivity index (χ1n) is 9.81. The summed E-state index contributed by atoms with van der Waals surface area (Å²) in [5.41, 5.74) is 0.742. The van der Waals surface area contributed by atoms with E-state index in [1.165, 1.54) is 23.2 Å². The van der Waals surface area contributed by atoms with Crippen LogP contribution in [0.3, 0.4) is 0 Å². The zero-order valence-electron chi connectivity index (χ0n) is 15.9. The quantitative estimate of drug-likeness (QED) is 0.595. The minimum absolute atomic E-state index is 0.0936. The third-order valence-electron chi connectivity index (χ3n) is 5.24. The molecule has 2 aliphatic heterocycles. The third kappa shape index (κ3) is 3.62. The SMILES string of the molecule is O=C(CSc1nnc2n1CCCCC2)N1N=C(c2ccco2)CC1c1ccco1. The molecule has 9 heteroatoms. The molecule has 29 heavy (non-hydrogen) atoms. The standard InChI is InChI=1S/C20H21N5O3S/c26-19(13-29-20-22-21-18-8-2-1-3-9-24(18)20)25-15(17-7-5-11-28-17)12-14(23-25)16-6-4-10-27-16/h4-7,10-11,15H,1-3,8-9,12-13H2. The predicted molar refractivity (Wildman–Crippen MR) is 106 cm³/mol. The van der Waals surface area contributed by atoms with E-state index >= 15 is 0 Å². The average Bonchev–Trinajstić information content (AvgIpc) is 3.51. The largest absolute Gasteiger partial charge is 0.467 e. The summed E-state index contributed by atoms with van der Waals surface area (Å²) in [4.78, 5) is 13.1. The molecule has 0 bridgehead atoms. The van der Waals surface area contributed by atoms with Gasteiger partial charge in [0.1, 0.15) is 29.1 Å². The fourth-order valence-corrected chi connectivity index (χ4v) is 4.63. The predicted octanol–water partition coefficient (Wildman–Crippen LogP) is 3.66. The molecule has 8 nitrogen and oxygen atoms in total. The lowest BCUT2D eigenvalue weighted by Gasteiger charge is -2.19. The Kier molecular flexibility index (Phi) is 4.97. The van der Waals surface area contributed by atoms with E-state index in [4.69, 9.17) is 8.83 Å². The Bertz CT molecular complexity index is 1010. The van der Waals surface area contributed by atoms with Crippen LogP contribution >= 0.6 is 11.8 Å². The molecule has 0 saturated carbocycles. The molecule has 0 fully saturated rings. The second-order valence-corrected chi connectivity index (χ2v) is 8.09. The molecule has 0 spiro atoms. The van der Waals surface area contributed by atoms with Gasteiger partial charge in [-0.1, -0.05) is 18.2 Å². The smallest absolute Gasteiger partial charge is 0.253 e. The van der Waals surface area contributed by atoms with Crippen LogP contribution in [0.1, 0.15) is 49.1 Å². The maximum absolute atomic E-state index is 13.1. The van der Waals surface area contributed by atoms with Crippen molar-refractivity contribution in [3.63, 3.8) is 0 Å². The van der Waals surface area contributed by atoms with Crippen LogP contribution in [0.25, 0.3) is 0 Å². The summed E-state index contributed by atoms with van der Waals surface area (Å²) in [5, 5.41) is 15.5. The molecule has 5 rings (SSSR count). The van der Waals surface area contributed by atoms with Gasteiger partial charge in [-0.15, -0.1) is 10.2 Å². The van der Waals surface area contributed by atoms with Gasteiger partial charge in [0.05, 0.1) is 18.3 Å². The number of hydrazone groups is 1. The van der Waals surface area contributed by atoms with Crippen molar-refractivity contribution in [2.24, 2.45) is 5.10 Å². The Morgan fingerprint density at radius 3 is 2.86 bits per heavy atom. The lowest BCUT2D eigenvalue weighted by Crippen LogP contribution is -2.28. The van der Waals surface area contributed by atoms with Gasteiger partial charge >= 0.3 is 0 Å². The number of furan rings is 2. The fourth-order valence-electron chi connectivity index (χ4n) is 3.79. The maximum atomic E-state index is 13.1. The van der Waals surface area contributed by atoms with Crippen molar-refractivity contribution in [1.82, 2.24) is 19.8 Å². The summed E-state index contributed by atoms with van der Waals surface area (Å²) in [6.07, 6.45) is 8.19. The monoisotopic (exact) mass is 411 g/mol. The van der Waals surface area contributed by atoms with Crippen molar-refractivity contribution in [2.45, 2.75) is 49.8 Å². The number of rotatable bonds is 5. The summed E-state index contributed by atoms with van der Waals surface area (Å²) in [6.45, 7) is 0.915. The van der Waals surface area contributed by atoms with Crippen LogP contribution in [0.2, 0.25) is 0 Å². The number of thioether (sulfide) groups is 1. The van der Waals surface area contributed by atoms with Crippen molar-refractivity contribution >= 4 is 23.4 Å². The Hall–Kier alpha value is -2.81. The van der Waals surface area contributed by atoms with E-state index in [-0.39, 0.29) is 17.7 Å². The van der Waals surface area contributed by atoms with Crippen LogP contribution in [0.5, 0.6) is 0 Å². The normalized spacial score (nSPS) is 19.1.